The molecule has 0 N–H and O–H groups in total. The summed E-state index contributed by atoms with van der Waals surface area (Å²) in [5, 5.41) is 0. The highest BCUT2D eigenvalue weighted by Gasteiger charge is 2.09. The summed E-state index contributed by atoms with van der Waals surface area (Å²) in [4.78, 5) is 23.3. The highest BCUT2D eigenvalue weighted by atomic mass is 16.5. The van der Waals surface area contributed by atoms with Crippen LogP contribution in [0.3, 0.4) is 0 Å². The average molecular weight is 326 g/mol. The molecule has 0 unspecified atom stereocenters. The van der Waals surface area contributed by atoms with Gasteiger partial charge in [0.05, 0.1) is 12.2 Å². The fourth-order valence-electron chi connectivity index (χ4n) is 2.15. The monoisotopic (exact) mass is 326 g/mol. The second kappa shape index (κ2) is 8.87. The van der Waals surface area contributed by atoms with Crippen molar-refractivity contribution in [3.05, 3.63) is 59.7 Å². The highest BCUT2D eigenvalue weighted by Crippen LogP contribution is 2.17. The number of rotatable bonds is 8. The average Bonchev–Trinajstić information content (AvgIpc) is 2.59. The second-order valence-electron chi connectivity index (χ2n) is 5.55. The summed E-state index contributed by atoms with van der Waals surface area (Å²) in [6.07, 6.45) is 3.32. The zero-order valence-corrected chi connectivity index (χ0v) is 14.1. The molecule has 126 valence electrons. The maximum Gasteiger partial charge on any atom is 0.343 e. The van der Waals surface area contributed by atoms with Crippen molar-refractivity contribution in [2.45, 2.75) is 33.1 Å². The molecule has 4 nitrogen and oxygen atoms in total. The Morgan fingerprint density at radius 2 is 1.42 bits per heavy atom. The van der Waals surface area contributed by atoms with Gasteiger partial charge < -0.3 is 9.47 Å². The Morgan fingerprint density at radius 3 is 2.00 bits per heavy atom. The van der Waals surface area contributed by atoms with Gasteiger partial charge in [0, 0.05) is 5.56 Å². The van der Waals surface area contributed by atoms with Crippen LogP contribution >= 0.6 is 0 Å². The standard InChI is InChI=1S/C20H22O4/c1-3-4-5-14-23-18-10-8-17(9-11-18)20(22)24-19-12-6-16(7-13-19)15(2)21/h6-13H,3-5,14H2,1-2H3. The van der Waals surface area contributed by atoms with Crippen LogP contribution in [-0.4, -0.2) is 18.4 Å². The largest absolute Gasteiger partial charge is 0.494 e. The van der Waals surface area contributed by atoms with E-state index in [9.17, 15) is 9.59 Å². The van der Waals surface area contributed by atoms with Crippen LogP contribution in [0.25, 0.3) is 0 Å². The molecule has 24 heavy (non-hydrogen) atoms. The molecule has 0 radical (unpaired) electrons. The lowest BCUT2D eigenvalue weighted by atomic mass is 10.1. The van der Waals surface area contributed by atoms with Crippen molar-refractivity contribution in [1.82, 2.24) is 0 Å². The number of benzene rings is 2. The SMILES string of the molecule is CCCCCOc1ccc(C(=O)Oc2ccc(C(C)=O)cc2)cc1. The molecule has 0 atom stereocenters. The molecule has 0 spiro atoms. The molecule has 0 aliphatic carbocycles. The van der Waals surface area contributed by atoms with Crippen molar-refractivity contribution in [3.63, 3.8) is 0 Å². The second-order valence-corrected chi connectivity index (χ2v) is 5.55. The minimum Gasteiger partial charge on any atom is -0.494 e. The van der Waals surface area contributed by atoms with Crippen molar-refractivity contribution < 1.29 is 19.1 Å². The van der Waals surface area contributed by atoms with Gasteiger partial charge in [-0.05, 0) is 61.9 Å². The van der Waals surface area contributed by atoms with Crippen LogP contribution in [0.1, 0.15) is 53.8 Å². The minimum absolute atomic E-state index is 0.0256. The van der Waals surface area contributed by atoms with E-state index in [4.69, 9.17) is 9.47 Å². The quantitative estimate of drug-likeness (QED) is 0.306. The first-order chi connectivity index (χ1) is 11.6. The number of carbonyl (C=O) groups excluding carboxylic acids is 2. The number of ketones is 1. The van der Waals surface area contributed by atoms with Gasteiger partial charge in [-0.3, -0.25) is 4.79 Å². The van der Waals surface area contributed by atoms with Crippen LogP contribution in [0.4, 0.5) is 0 Å². The zero-order valence-electron chi connectivity index (χ0n) is 14.1. The molecular formula is C20H22O4. The van der Waals surface area contributed by atoms with Gasteiger partial charge in [-0.2, -0.15) is 0 Å². The van der Waals surface area contributed by atoms with E-state index < -0.39 is 5.97 Å². The molecule has 0 aromatic heterocycles. The van der Waals surface area contributed by atoms with Gasteiger partial charge in [0.2, 0.25) is 0 Å². The third kappa shape index (κ3) is 5.23. The number of carbonyl (C=O) groups is 2. The van der Waals surface area contributed by atoms with E-state index in [0.29, 0.717) is 23.5 Å². The Labute approximate surface area is 142 Å². The number of Topliss-reactive ketones (excluding diaryl/α,β-unsaturated/α-hetero) is 1. The van der Waals surface area contributed by atoms with Crippen LogP contribution in [0.2, 0.25) is 0 Å². The molecule has 0 heterocycles. The summed E-state index contributed by atoms with van der Waals surface area (Å²) in [6, 6.07) is 13.4. The Bertz CT molecular complexity index is 672. The molecule has 2 aromatic rings. The Kier molecular flexibility index (Phi) is 6.55. The smallest absolute Gasteiger partial charge is 0.343 e. The van der Waals surface area contributed by atoms with E-state index in [1.807, 2.05) is 0 Å². The molecule has 0 aliphatic rings. The fraction of sp³-hybridized carbons (Fsp3) is 0.300. The lowest BCUT2D eigenvalue weighted by Crippen LogP contribution is -2.08. The van der Waals surface area contributed by atoms with Crippen molar-refractivity contribution in [2.75, 3.05) is 6.61 Å². The molecule has 2 rings (SSSR count). The van der Waals surface area contributed by atoms with Crippen molar-refractivity contribution >= 4 is 11.8 Å². The van der Waals surface area contributed by atoms with Gasteiger partial charge in [0.15, 0.2) is 5.78 Å². The number of unbranched alkanes of at least 4 members (excludes halogenated alkanes) is 2. The third-order valence-electron chi connectivity index (χ3n) is 3.58. The molecule has 0 amide bonds. The third-order valence-corrected chi connectivity index (χ3v) is 3.58. The van der Waals surface area contributed by atoms with Crippen molar-refractivity contribution in [1.29, 1.82) is 0 Å². The summed E-state index contributed by atoms with van der Waals surface area (Å²) in [7, 11) is 0. The van der Waals surface area contributed by atoms with E-state index in [-0.39, 0.29) is 5.78 Å². The Balaban J connectivity index is 1.91. The number of hydrogen-bond donors (Lipinski definition) is 0. The van der Waals surface area contributed by atoms with Crippen LogP contribution in [0, 0.1) is 0 Å². The molecule has 0 aliphatic heterocycles. The van der Waals surface area contributed by atoms with E-state index in [2.05, 4.69) is 6.92 Å². The summed E-state index contributed by atoms with van der Waals surface area (Å²) in [5.41, 5.74) is 1.03. The fourth-order valence-corrected chi connectivity index (χ4v) is 2.15. The molecular weight excluding hydrogens is 304 g/mol. The molecule has 4 heteroatoms. The first kappa shape index (κ1) is 17.7. The highest BCUT2D eigenvalue weighted by molar-refractivity contribution is 5.94. The molecule has 0 saturated carbocycles. The van der Waals surface area contributed by atoms with Crippen LogP contribution in [0.15, 0.2) is 48.5 Å². The van der Waals surface area contributed by atoms with E-state index in [0.717, 1.165) is 25.0 Å². The Hall–Kier alpha value is -2.62. The first-order valence-corrected chi connectivity index (χ1v) is 8.16. The topological polar surface area (TPSA) is 52.6 Å². The van der Waals surface area contributed by atoms with Gasteiger partial charge in [0.1, 0.15) is 11.5 Å². The van der Waals surface area contributed by atoms with E-state index >= 15 is 0 Å². The first-order valence-electron chi connectivity index (χ1n) is 8.16. The summed E-state index contributed by atoms with van der Waals surface area (Å²) in [6.45, 7) is 4.32. The molecule has 0 fully saturated rings. The molecule has 2 aromatic carbocycles. The van der Waals surface area contributed by atoms with Crippen molar-refractivity contribution in [3.8, 4) is 11.5 Å². The van der Waals surface area contributed by atoms with Crippen LogP contribution in [0.5, 0.6) is 11.5 Å². The van der Waals surface area contributed by atoms with Crippen LogP contribution < -0.4 is 9.47 Å². The van der Waals surface area contributed by atoms with Gasteiger partial charge in [0.25, 0.3) is 0 Å². The van der Waals surface area contributed by atoms with E-state index in [1.54, 1.807) is 48.5 Å². The normalized spacial score (nSPS) is 10.2. The summed E-state index contributed by atoms with van der Waals surface area (Å²) in [5.74, 6) is 0.684. The lowest BCUT2D eigenvalue weighted by Gasteiger charge is -2.07. The van der Waals surface area contributed by atoms with Gasteiger partial charge >= 0.3 is 5.97 Å². The Morgan fingerprint density at radius 1 is 0.833 bits per heavy atom. The van der Waals surface area contributed by atoms with Gasteiger partial charge in [-0.1, -0.05) is 19.8 Å². The van der Waals surface area contributed by atoms with Gasteiger partial charge in [-0.15, -0.1) is 0 Å². The zero-order chi connectivity index (χ0) is 17.4. The number of ether oxygens (including phenoxy) is 2. The van der Waals surface area contributed by atoms with Gasteiger partial charge in [-0.25, -0.2) is 4.79 Å². The predicted molar refractivity (Wildman–Crippen MR) is 92.9 cm³/mol. The predicted octanol–water partition coefficient (Wildman–Crippen LogP) is 4.68. The summed E-state index contributed by atoms with van der Waals surface area (Å²) < 4.78 is 10.9. The summed E-state index contributed by atoms with van der Waals surface area (Å²) >= 11 is 0. The van der Waals surface area contributed by atoms with Crippen molar-refractivity contribution in [2.24, 2.45) is 0 Å². The molecule has 0 saturated heterocycles. The molecule has 0 bridgehead atoms. The maximum absolute atomic E-state index is 12.1. The number of hydrogen-bond acceptors (Lipinski definition) is 4. The lowest BCUT2D eigenvalue weighted by molar-refractivity contribution is 0.0734. The number of esters is 1. The van der Waals surface area contributed by atoms with E-state index in [1.165, 1.54) is 6.92 Å². The van der Waals surface area contributed by atoms with Crippen LogP contribution in [-0.2, 0) is 0 Å². The maximum atomic E-state index is 12.1. The minimum atomic E-state index is -0.442.